The molecule has 0 spiro atoms. The number of nitrogens with zero attached hydrogens (tertiary/aromatic N) is 3. The summed E-state index contributed by atoms with van der Waals surface area (Å²) in [5.74, 6) is 1.42. The van der Waals surface area contributed by atoms with Gasteiger partial charge in [-0.15, -0.1) is 11.3 Å². The van der Waals surface area contributed by atoms with Gasteiger partial charge in [-0.1, -0.05) is 12.8 Å². The standard InChI is InChI=1S/C13H18N4S/c1-9-8-10-11(15-13(14)16-12(10)18-9)17-6-4-2-3-5-7-17/h8H,2-7H2,1H3,(H2,14,15,16). The number of anilines is 2. The molecule has 1 aliphatic heterocycles. The highest BCUT2D eigenvalue weighted by molar-refractivity contribution is 7.18. The molecule has 0 aromatic carbocycles. The van der Waals surface area contributed by atoms with Crippen molar-refractivity contribution in [3.63, 3.8) is 0 Å². The summed E-state index contributed by atoms with van der Waals surface area (Å²) in [6.07, 6.45) is 5.13. The van der Waals surface area contributed by atoms with Gasteiger partial charge in [-0.3, -0.25) is 0 Å². The lowest BCUT2D eigenvalue weighted by atomic mass is 10.2. The first-order valence-electron chi connectivity index (χ1n) is 6.52. The van der Waals surface area contributed by atoms with Crippen molar-refractivity contribution in [2.75, 3.05) is 23.7 Å². The van der Waals surface area contributed by atoms with Gasteiger partial charge in [0.15, 0.2) is 0 Å². The Morgan fingerprint density at radius 2 is 1.89 bits per heavy atom. The minimum Gasteiger partial charge on any atom is -0.368 e. The Balaban J connectivity index is 2.08. The minimum absolute atomic E-state index is 0.392. The van der Waals surface area contributed by atoms with Gasteiger partial charge in [0.1, 0.15) is 10.6 Å². The van der Waals surface area contributed by atoms with E-state index in [1.165, 1.54) is 30.6 Å². The number of hydrogen-bond acceptors (Lipinski definition) is 5. The number of nitrogens with two attached hydrogens (primary N) is 1. The molecule has 2 N–H and O–H groups in total. The fourth-order valence-electron chi connectivity index (χ4n) is 2.57. The smallest absolute Gasteiger partial charge is 0.223 e. The summed E-state index contributed by atoms with van der Waals surface area (Å²) < 4.78 is 0. The Labute approximate surface area is 111 Å². The van der Waals surface area contributed by atoms with Crippen LogP contribution in [0, 0.1) is 6.92 Å². The van der Waals surface area contributed by atoms with Crippen LogP contribution in [-0.4, -0.2) is 23.1 Å². The lowest BCUT2D eigenvalue weighted by molar-refractivity contribution is 0.726. The van der Waals surface area contributed by atoms with E-state index in [-0.39, 0.29) is 0 Å². The predicted molar refractivity (Wildman–Crippen MR) is 77.2 cm³/mol. The second-order valence-corrected chi connectivity index (χ2v) is 6.12. The third kappa shape index (κ3) is 2.14. The SMILES string of the molecule is Cc1cc2c(N3CCCCCC3)nc(N)nc2s1. The molecule has 1 saturated heterocycles. The van der Waals surface area contributed by atoms with Crippen LogP contribution < -0.4 is 10.6 Å². The topological polar surface area (TPSA) is 55.0 Å². The van der Waals surface area contributed by atoms with E-state index in [1.54, 1.807) is 11.3 Å². The molecule has 0 radical (unpaired) electrons. The predicted octanol–water partition coefficient (Wildman–Crippen LogP) is 2.96. The molecular formula is C13H18N4S. The number of hydrogen-bond donors (Lipinski definition) is 1. The summed E-state index contributed by atoms with van der Waals surface area (Å²) in [5.41, 5.74) is 5.84. The van der Waals surface area contributed by atoms with E-state index in [4.69, 9.17) is 5.73 Å². The van der Waals surface area contributed by atoms with Crippen molar-refractivity contribution < 1.29 is 0 Å². The first-order valence-corrected chi connectivity index (χ1v) is 7.34. The van der Waals surface area contributed by atoms with Gasteiger partial charge in [0, 0.05) is 18.0 Å². The van der Waals surface area contributed by atoms with Crippen LogP contribution in [0.5, 0.6) is 0 Å². The number of aryl methyl sites for hydroxylation is 1. The summed E-state index contributed by atoms with van der Waals surface area (Å²) in [4.78, 5) is 13.5. The molecule has 2 aromatic rings. The summed E-state index contributed by atoms with van der Waals surface area (Å²) in [7, 11) is 0. The summed E-state index contributed by atoms with van der Waals surface area (Å²) in [5, 5.41) is 1.16. The van der Waals surface area contributed by atoms with E-state index in [2.05, 4.69) is 27.9 Å². The van der Waals surface area contributed by atoms with Crippen LogP contribution >= 0.6 is 11.3 Å². The molecule has 1 aliphatic rings. The Morgan fingerprint density at radius 3 is 2.61 bits per heavy atom. The number of aromatic nitrogens is 2. The van der Waals surface area contributed by atoms with Crippen molar-refractivity contribution in [1.29, 1.82) is 0 Å². The van der Waals surface area contributed by atoms with Gasteiger partial charge in [0.2, 0.25) is 5.95 Å². The molecule has 1 fully saturated rings. The van der Waals surface area contributed by atoms with E-state index < -0.39 is 0 Å². The molecule has 18 heavy (non-hydrogen) atoms. The molecule has 0 unspecified atom stereocenters. The first kappa shape index (κ1) is 11.7. The van der Waals surface area contributed by atoms with E-state index in [0.29, 0.717) is 5.95 Å². The van der Waals surface area contributed by atoms with Crippen molar-refractivity contribution in [3.8, 4) is 0 Å². The zero-order valence-corrected chi connectivity index (χ0v) is 11.5. The van der Waals surface area contributed by atoms with Gasteiger partial charge in [-0.25, -0.2) is 4.98 Å². The molecule has 3 heterocycles. The maximum atomic E-state index is 5.84. The van der Waals surface area contributed by atoms with Crippen molar-refractivity contribution in [1.82, 2.24) is 9.97 Å². The van der Waals surface area contributed by atoms with E-state index in [0.717, 1.165) is 29.1 Å². The molecule has 0 aliphatic carbocycles. The third-order valence-electron chi connectivity index (χ3n) is 3.42. The Morgan fingerprint density at radius 1 is 1.17 bits per heavy atom. The average molecular weight is 262 g/mol. The number of fused-ring (bicyclic) bond motifs is 1. The molecule has 0 atom stereocenters. The first-order chi connectivity index (χ1) is 8.74. The van der Waals surface area contributed by atoms with Crippen LogP contribution in [0.3, 0.4) is 0 Å². The third-order valence-corrected chi connectivity index (χ3v) is 4.36. The molecule has 0 amide bonds. The summed E-state index contributed by atoms with van der Waals surface area (Å²) >= 11 is 1.69. The molecule has 3 rings (SSSR count). The zero-order chi connectivity index (χ0) is 12.5. The van der Waals surface area contributed by atoms with Crippen LogP contribution in [-0.2, 0) is 0 Å². The van der Waals surface area contributed by atoms with Crippen LogP contribution in [0.2, 0.25) is 0 Å². The fourth-order valence-corrected chi connectivity index (χ4v) is 3.45. The second kappa shape index (κ2) is 4.72. The van der Waals surface area contributed by atoms with Crippen LogP contribution in [0.1, 0.15) is 30.6 Å². The molecule has 0 saturated carbocycles. The van der Waals surface area contributed by atoms with Gasteiger partial charge < -0.3 is 10.6 Å². The Bertz CT molecular complexity index is 555. The normalized spacial score (nSPS) is 17.1. The lowest BCUT2D eigenvalue weighted by Crippen LogP contribution is -2.25. The van der Waals surface area contributed by atoms with E-state index in [1.807, 2.05) is 0 Å². The summed E-state index contributed by atoms with van der Waals surface area (Å²) in [6.45, 7) is 4.27. The Kier molecular flexibility index (Phi) is 3.07. The Hall–Kier alpha value is -1.36. The minimum atomic E-state index is 0.392. The van der Waals surface area contributed by atoms with Crippen LogP contribution in [0.15, 0.2) is 6.07 Å². The highest BCUT2D eigenvalue weighted by atomic mass is 32.1. The number of nitrogen functional groups attached to an aromatic ring is 1. The van der Waals surface area contributed by atoms with E-state index >= 15 is 0 Å². The molecule has 2 aromatic heterocycles. The quantitative estimate of drug-likeness (QED) is 0.858. The van der Waals surface area contributed by atoms with Crippen molar-refractivity contribution in [2.24, 2.45) is 0 Å². The lowest BCUT2D eigenvalue weighted by Gasteiger charge is -2.22. The van der Waals surface area contributed by atoms with Gasteiger partial charge in [0.05, 0.1) is 5.39 Å². The highest BCUT2D eigenvalue weighted by Crippen LogP contribution is 2.32. The van der Waals surface area contributed by atoms with Gasteiger partial charge in [-0.2, -0.15) is 4.98 Å². The molecule has 5 heteroatoms. The number of thiophene rings is 1. The van der Waals surface area contributed by atoms with Crippen molar-refractivity contribution >= 4 is 33.3 Å². The number of rotatable bonds is 1. The largest absolute Gasteiger partial charge is 0.368 e. The maximum Gasteiger partial charge on any atom is 0.223 e. The average Bonchev–Trinajstić information content (AvgIpc) is 2.56. The van der Waals surface area contributed by atoms with Crippen molar-refractivity contribution in [2.45, 2.75) is 32.6 Å². The molecular weight excluding hydrogens is 244 g/mol. The van der Waals surface area contributed by atoms with Gasteiger partial charge >= 0.3 is 0 Å². The van der Waals surface area contributed by atoms with E-state index in [9.17, 15) is 0 Å². The second-order valence-electron chi connectivity index (χ2n) is 4.88. The molecule has 4 nitrogen and oxygen atoms in total. The zero-order valence-electron chi connectivity index (χ0n) is 10.6. The highest BCUT2D eigenvalue weighted by Gasteiger charge is 2.16. The molecule has 0 bridgehead atoms. The maximum absolute atomic E-state index is 5.84. The monoisotopic (exact) mass is 262 g/mol. The molecule has 96 valence electrons. The van der Waals surface area contributed by atoms with Crippen molar-refractivity contribution in [3.05, 3.63) is 10.9 Å². The van der Waals surface area contributed by atoms with Gasteiger partial charge in [-0.05, 0) is 25.8 Å². The fraction of sp³-hybridized carbons (Fsp3) is 0.538. The van der Waals surface area contributed by atoms with Crippen LogP contribution in [0.25, 0.3) is 10.2 Å². The summed E-state index contributed by atoms with van der Waals surface area (Å²) in [6, 6.07) is 2.18. The van der Waals surface area contributed by atoms with Crippen LogP contribution in [0.4, 0.5) is 11.8 Å². The van der Waals surface area contributed by atoms with Gasteiger partial charge in [0.25, 0.3) is 0 Å².